The first-order valence-corrected chi connectivity index (χ1v) is 12.3. The lowest BCUT2D eigenvalue weighted by atomic mass is 9.84. The van der Waals surface area contributed by atoms with Crippen LogP contribution in [0.3, 0.4) is 0 Å². The van der Waals surface area contributed by atoms with Crippen LogP contribution in [0, 0.1) is 5.41 Å². The Morgan fingerprint density at radius 3 is 2.73 bits per heavy atom. The van der Waals surface area contributed by atoms with Crippen LogP contribution in [0.5, 0.6) is 0 Å². The molecule has 190 valence electrons. The van der Waals surface area contributed by atoms with Crippen LogP contribution >= 0.6 is 0 Å². The fraction of sp³-hybridized carbons (Fsp3) is 0.333. The molecule has 37 heavy (non-hydrogen) atoms. The van der Waals surface area contributed by atoms with Crippen molar-refractivity contribution in [2.24, 2.45) is 19.1 Å². The first-order chi connectivity index (χ1) is 18.0. The lowest BCUT2D eigenvalue weighted by Crippen LogP contribution is -2.12. The first kappa shape index (κ1) is 24.5. The van der Waals surface area contributed by atoms with Gasteiger partial charge >= 0.3 is 0 Å². The number of aryl methyl sites for hydroxylation is 2. The minimum Gasteiger partial charge on any atom is -0.383 e. The number of nitrogens with zero attached hydrogens (tertiary/aromatic N) is 7. The second-order valence-corrected chi connectivity index (χ2v) is 9.26. The number of benzene rings is 1. The topological polar surface area (TPSA) is 119 Å². The van der Waals surface area contributed by atoms with Gasteiger partial charge in [0.05, 0.1) is 36.2 Å². The molecular formula is C27H31N9O. The Hall–Kier alpha value is -4.18. The van der Waals surface area contributed by atoms with E-state index in [4.69, 9.17) is 20.2 Å². The van der Waals surface area contributed by atoms with E-state index in [2.05, 4.69) is 39.4 Å². The first-order valence-electron chi connectivity index (χ1n) is 12.3. The molecular weight excluding hydrogens is 466 g/mol. The second kappa shape index (κ2) is 10.4. The third kappa shape index (κ3) is 4.92. The van der Waals surface area contributed by atoms with Crippen molar-refractivity contribution in [3.8, 4) is 22.5 Å². The molecule has 3 heterocycles. The van der Waals surface area contributed by atoms with Gasteiger partial charge in [0.1, 0.15) is 0 Å². The van der Waals surface area contributed by atoms with Crippen LogP contribution in [0.25, 0.3) is 22.5 Å². The molecule has 10 nitrogen and oxygen atoms in total. The third-order valence-corrected chi connectivity index (χ3v) is 6.60. The van der Waals surface area contributed by atoms with Crippen molar-refractivity contribution >= 4 is 24.2 Å². The highest BCUT2D eigenvalue weighted by Gasteiger charge is 2.30. The van der Waals surface area contributed by atoms with E-state index in [1.165, 1.54) is 6.21 Å². The number of rotatable bonds is 9. The SMILES string of the molecule is COCCN=CC(C=N)c1ccc(-c2c3c(nn2C)CC(C)c2cnc(Nc4ccn(C)n4)nc2-3)cc1. The number of methoxy groups -OCH3 is 1. The molecule has 0 spiro atoms. The van der Waals surface area contributed by atoms with Gasteiger partial charge in [-0.15, -0.1) is 0 Å². The van der Waals surface area contributed by atoms with Crippen LogP contribution in [0.4, 0.5) is 11.8 Å². The zero-order valence-electron chi connectivity index (χ0n) is 21.5. The molecule has 0 saturated carbocycles. The van der Waals surface area contributed by atoms with Crippen LogP contribution in [-0.4, -0.2) is 62.2 Å². The molecule has 0 amide bonds. The number of nitrogens with one attached hydrogen (secondary N) is 2. The van der Waals surface area contributed by atoms with Gasteiger partial charge in [0.15, 0.2) is 5.82 Å². The van der Waals surface area contributed by atoms with Gasteiger partial charge in [-0.05, 0) is 17.9 Å². The van der Waals surface area contributed by atoms with Gasteiger partial charge in [0.25, 0.3) is 0 Å². The summed E-state index contributed by atoms with van der Waals surface area (Å²) >= 11 is 0. The summed E-state index contributed by atoms with van der Waals surface area (Å²) in [6.07, 6.45) is 7.83. The maximum atomic E-state index is 7.84. The summed E-state index contributed by atoms with van der Waals surface area (Å²) in [6.45, 7) is 3.33. The maximum absolute atomic E-state index is 7.84. The van der Waals surface area contributed by atoms with Crippen LogP contribution in [0.15, 0.2) is 47.7 Å². The predicted molar refractivity (Wildman–Crippen MR) is 145 cm³/mol. The molecule has 2 unspecified atom stereocenters. The summed E-state index contributed by atoms with van der Waals surface area (Å²) in [5.41, 5.74) is 7.15. The Bertz CT molecular complexity index is 1430. The molecule has 0 fully saturated rings. The van der Waals surface area contributed by atoms with Crippen molar-refractivity contribution in [3.63, 3.8) is 0 Å². The highest BCUT2D eigenvalue weighted by molar-refractivity contribution is 5.90. The number of ether oxygens (including phenoxy) is 1. The van der Waals surface area contributed by atoms with Gasteiger partial charge in [-0.1, -0.05) is 31.2 Å². The van der Waals surface area contributed by atoms with Crippen molar-refractivity contribution in [2.45, 2.75) is 25.2 Å². The molecule has 0 bridgehead atoms. The van der Waals surface area contributed by atoms with E-state index in [-0.39, 0.29) is 11.8 Å². The number of hydrogen-bond acceptors (Lipinski definition) is 8. The Balaban J connectivity index is 1.50. The predicted octanol–water partition coefficient (Wildman–Crippen LogP) is 4.13. The zero-order chi connectivity index (χ0) is 25.9. The van der Waals surface area contributed by atoms with Crippen molar-refractivity contribution in [1.29, 1.82) is 5.41 Å². The van der Waals surface area contributed by atoms with Crippen LogP contribution < -0.4 is 5.32 Å². The van der Waals surface area contributed by atoms with Crippen molar-refractivity contribution < 1.29 is 4.74 Å². The minimum absolute atomic E-state index is 0.180. The second-order valence-electron chi connectivity index (χ2n) is 9.26. The van der Waals surface area contributed by atoms with E-state index in [1.54, 1.807) is 18.0 Å². The van der Waals surface area contributed by atoms with E-state index >= 15 is 0 Å². The summed E-state index contributed by atoms with van der Waals surface area (Å²) in [6, 6.07) is 10.1. The fourth-order valence-electron chi connectivity index (χ4n) is 4.73. The fourth-order valence-corrected chi connectivity index (χ4v) is 4.73. The van der Waals surface area contributed by atoms with Crippen molar-refractivity contribution in [2.75, 3.05) is 25.6 Å². The number of anilines is 2. The lowest BCUT2D eigenvalue weighted by Gasteiger charge is -2.22. The largest absolute Gasteiger partial charge is 0.383 e. The monoisotopic (exact) mass is 497 g/mol. The summed E-state index contributed by atoms with van der Waals surface area (Å²) in [5, 5.41) is 20.3. The molecule has 0 radical (unpaired) electrons. The average molecular weight is 498 g/mol. The van der Waals surface area contributed by atoms with Crippen LogP contribution in [0.1, 0.15) is 35.6 Å². The maximum Gasteiger partial charge on any atom is 0.228 e. The molecule has 4 aromatic rings. The summed E-state index contributed by atoms with van der Waals surface area (Å²) in [4.78, 5) is 13.9. The Labute approximate surface area is 216 Å². The van der Waals surface area contributed by atoms with E-state index < -0.39 is 0 Å². The molecule has 1 aliphatic rings. The standard InChI is InChI=1S/C27H31N9O/c1-17-13-22-24(25-21(17)16-30-27(32-25)31-23-9-11-35(2)34-23)26(36(3)33-22)19-7-5-18(6-8-19)20(14-28)15-29-10-12-37-4/h5-9,11,14-17,20,28H,10,12-13H2,1-4H3,(H,30,31,32,34). The molecule has 2 atom stereocenters. The lowest BCUT2D eigenvalue weighted by molar-refractivity contribution is 0.208. The minimum atomic E-state index is -0.180. The summed E-state index contributed by atoms with van der Waals surface area (Å²) < 4.78 is 8.72. The van der Waals surface area contributed by atoms with Crippen molar-refractivity contribution in [3.05, 3.63) is 59.5 Å². The van der Waals surface area contributed by atoms with E-state index in [0.29, 0.717) is 24.9 Å². The number of hydrogen-bond donors (Lipinski definition) is 2. The molecule has 0 saturated heterocycles. The molecule has 1 aromatic carbocycles. The summed E-state index contributed by atoms with van der Waals surface area (Å²) in [5.74, 6) is 1.28. The quantitative estimate of drug-likeness (QED) is 0.265. The number of aliphatic imine (C=N–C) groups is 1. The van der Waals surface area contributed by atoms with Gasteiger partial charge in [-0.2, -0.15) is 10.2 Å². The van der Waals surface area contributed by atoms with E-state index in [1.807, 2.05) is 49.4 Å². The molecule has 2 N–H and O–H groups in total. The van der Waals surface area contributed by atoms with E-state index in [0.717, 1.165) is 45.8 Å². The highest BCUT2D eigenvalue weighted by Crippen LogP contribution is 2.43. The zero-order valence-corrected chi connectivity index (χ0v) is 21.5. The molecule has 5 rings (SSSR count). The normalized spacial score (nSPS) is 15.4. The Morgan fingerprint density at radius 1 is 1.22 bits per heavy atom. The van der Waals surface area contributed by atoms with Crippen LogP contribution in [-0.2, 0) is 25.3 Å². The van der Waals surface area contributed by atoms with Crippen LogP contribution in [0.2, 0.25) is 0 Å². The average Bonchev–Trinajstić information content (AvgIpc) is 3.46. The third-order valence-electron chi connectivity index (χ3n) is 6.60. The van der Waals surface area contributed by atoms with Gasteiger partial charge in [-0.25, -0.2) is 9.97 Å². The summed E-state index contributed by atoms with van der Waals surface area (Å²) in [7, 11) is 5.50. The van der Waals surface area contributed by atoms with Gasteiger partial charge < -0.3 is 15.5 Å². The van der Waals surface area contributed by atoms with E-state index in [9.17, 15) is 0 Å². The number of aromatic nitrogens is 6. The molecule has 0 aliphatic heterocycles. The smallest absolute Gasteiger partial charge is 0.228 e. The molecule has 1 aliphatic carbocycles. The Kier molecular flexibility index (Phi) is 6.91. The Morgan fingerprint density at radius 2 is 2.03 bits per heavy atom. The van der Waals surface area contributed by atoms with Crippen molar-refractivity contribution in [1.82, 2.24) is 29.5 Å². The highest BCUT2D eigenvalue weighted by atomic mass is 16.5. The molecule has 10 heteroatoms. The van der Waals surface area contributed by atoms with Gasteiger partial charge in [0, 0.05) is 68.8 Å². The van der Waals surface area contributed by atoms with Gasteiger partial charge in [0.2, 0.25) is 5.95 Å². The number of fused-ring (bicyclic) bond motifs is 3. The van der Waals surface area contributed by atoms with Gasteiger partial charge in [-0.3, -0.25) is 14.4 Å². The molecule has 3 aromatic heterocycles.